The Morgan fingerprint density at radius 3 is 2.27 bits per heavy atom. The van der Waals surface area contributed by atoms with Gasteiger partial charge in [0.2, 0.25) is 0 Å². The van der Waals surface area contributed by atoms with E-state index in [1.54, 1.807) is 14.2 Å². The minimum Gasteiger partial charge on any atom is -0.493 e. The maximum Gasteiger partial charge on any atom is 0.161 e. The molecule has 0 bridgehead atoms. The van der Waals surface area contributed by atoms with Gasteiger partial charge in [-0.25, -0.2) is 0 Å². The second-order valence-electron chi connectivity index (χ2n) is 5.46. The van der Waals surface area contributed by atoms with E-state index in [1.165, 1.54) is 11.1 Å². The number of ether oxygens (including phenoxy) is 2. The zero-order chi connectivity index (χ0) is 15.4. The molecule has 0 aliphatic carbocycles. The smallest absolute Gasteiger partial charge is 0.161 e. The molecule has 2 aromatic rings. The lowest BCUT2D eigenvalue weighted by Crippen LogP contribution is -2.15. The van der Waals surface area contributed by atoms with Crippen LogP contribution in [0.25, 0.3) is 6.08 Å². The van der Waals surface area contributed by atoms with Crippen molar-refractivity contribution in [3.05, 3.63) is 65.2 Å². The van der Waals surface area contributed by atoms with Crippen molar-refractivity contribution in [1.82, 2.24) is 4.90 Å². The molecule has 1 aliphatic heterocycles. The van der Waals surface area contributed by atoms with Gasteiger partial charge in [-0.3, -0.25) is 4.90 Å². The topological polar surface area (TPSA) is 21.7 Å². The van der Waals surface area contributed by atoms with Crippen molar-refractivity contribution in [2.45, 2.75) is 13.1 Å². The molecule has 0 amide bonds. The van der Waals surface area contributed by atoms with Gasteiger partial charge in [0.25, 0.3) is 0 Å². The van der Waals surface area contributed by atoms with E-state index < -0.39 is 0 Å². The zero-order valence-corrected chi connectivity index (χ0v) is 13.1. The van der Waals surface area contributed by atoms with E-state index in [4.69, 9.17) is 9.47 Å². The highest BCUT2D eigenvalue weighted by atomic mass is 16.5. The molecule has 0 N–H and O–H groups in total. The molecule has 3 nitrogen and oxygen atoms in total. The van der Waals surface area contributed by atoms with Crippen molar-refractivity contribution < 1.29 is 9.47 Å². The molecule has 3 rings (SSSR count). The van der Waals surface area contributed by atoms with Gasteiger partial charge in [0, 0.05) is 19.6 Å². The quantitative estimate of drug-likeness (QED) is 0.839. The van der Waals surface area contributed by atoms with Gasteiger partial charge in [-0.2, -0.15) is 0 Å². The van der Waals surface area contributed by atoms with Gasteiger partial charge in [-0.1, -0.05) is 42.5 Å². The molecule has 114 valence electrons. The second kappa shape index (κ2) is 6.67. The SMILES string of the molecule is COc1ccc(/C=C/CN2Cc3ccccc3C2)cc1OC. The van der Waals surface area contributed by atoms with Crippen LogP contribution in [-0.4, -0.2) is 25.7 Å². The molecule has 0 spiro atoms. The van der Waals surface area contributed by atoms with Crippen LogP contribution in [0.5, 0.6) is 11.5 Å². The van der Waals surface area contributed by atoms with Gasteiger partial charge < -0.3 is 9.47 Å². The fourth-order valence-corrected chi connectivity index (χ4v) is 2.83. The Morgan fingerprint density at radius 2 is 1.64 bits per heavy atom. The van der Waals surface area contributed by atoms with E-state index in [1.807, 2.05) is 18.2 Å². The van der Waals surface area contributed by atoms with E-state index in [-0.39, 0.29) is 0 Å². The summed E-state index contributed by atoms with van der Waals surface area (Å²) < 4.78 is 10.6. The van der Waals surface area contributed by atoms with Crippen LogP contribution in [-0.2, 0) is 13.1 Å². The maximum atomic E-state index is 5.33. The van der Waals surface area contributed by atoms with Crippen LogP contribution in [0.4, 0.5) is 0 Å². The minimum atomic E-state index is 0.759. The zero-order valence-electron chi connectivity index (χ0n) is 13.1. The summed E-state index contributed by atoms with van der Waals surface area (Å²) in [5, 5.41) is 0. The third-order valence-corrected chi connectivity index (χ3v) is 3.99. The first kappa shape index (κ1) is 14.7. The lowest BCUT2D eigenvalue weighted by Gasteiger charge is -2.11. The summed E-state index contributed by atoms with van der Waals surface area (Å²) >= 11 is 0. The average molecular weight is 295 g/mol. The number of rotatable bonds is 5. The number of nitrogens with zero attached hydrogens (tertiary/aromatic N) is 1. The van der Waals surface area contributed by atoms with Crippen LogP contribution in [0, 0.1) is 0 Å². The molecule has 0 radical (unpaired) electrons. The van der Waals surface area contributed by atoms with Gasteiger partial charge in [-0.05, 0) is 28.8 Å². The van der Waals surface area contributed by atoms with Crippen LogP contribution in [0.2, 0.25) is 0 Å². The molecular formula is C19H21NO2. The largest absolute Gasteiger partial charge is 0.493 e. The molecule has 0 unspecified atom stereocenters. The van der Waals surface area contributed by atoms with E-state index in [0.29, 0.717) is 0 Å². The molecule has 0 aromatic heterocycles. The first-order valence-electron chi connectivity index (χ1n) is 7.48. The van der Waals surface area contributed by atoms with Crippen LogP contribution in [0.3, 0.4) is 0 Å². The Kier molecular flexibility index (Phi) is 4.45. The van der Waals surface area contributed by atoms with Crippen LogP contribution < -0.4 is 9.47 Å². The number of hydrogen-bond acceptors (Lipinski definition) is 3. The number of benzene rings is 2. The van der Waals surface area contributed by atoms with Crippen molar-refractivity contribution >= 4 is 6.08 Å². The van der Waals surface area contributed by atoms with Crippen molar-refractivity contribution in [1.29, 1.82) is 0 Å². The molecule has 1 heterocycles. The highest BCUT2D eigenvalue weighted by Gasteiger charge is 2.16. The van der Waals surface area contributed by atoms with E-state index in [9.17, 15) is 0 Å². The summed E-state index contributed by atoms with van der Waals surface area (Å²) in [5.74, 6) is 1.52. The van der Waals surface area contributed by atoms with Crippen molar-refractivity contribution in [2.24, 2.45) is 0 Å². The number of hydrogen-bond donors (Lipinski definition) is 0. The molecule has 0 fully saturated rings. The van der Waals surface area contributed by atoms with Crippen LogP contribution in [0.1, 0.15) is 16.7 Å². The standard InChI is InChI=1S/C19H21NO2/c1-21-18-10-9-15(12-19(18)22-2)6-5-11-20-13-16-7-3-4-8-17(16)14-20/h3-10,12H,11,13-14H2,1-2H3/b6-5+. The summed E-state index contributed by atoms with van der Waals surface area (Å²) in [4.78, 5) is 2.43. The number of methoxy groups -OCH3 is 2. The summed E-state index contributed by atoms with van der Waals surface area (Å²) in [6.07, 6.45) is 4.33. The van der Waals surface area contributed by atoms with Gasteiger partial charge in [0.15, 0.2) is 11.5 Å². The Balaban J connectivity index is 1.62. The highest BCUT2D eigenvalue weighted by molar-refractivity contribution is 5.56. The van der Waals surface area contributed by atoms with Gasteiger partial charge in [-0.15, -0.1) is 0 Å². The fraction of sp³-hybridized carbons (Fsp3) is 0.263. The summed E-state index contributed by atoms with van der Waals surface area (Å²) in [5.41, 5.74) is 4.01. The minimum absolute atomic E-state index is 0.759. The molecule has 1 aliphatic rings. The Morgan fingerprint density at radius 1 is 0.955 bits per heavy atom. The lowest BCUT2D eigenvalue weighted by molar-refractivity contribution is 0.317. The van der Waals surface area contributed by atoms with Crippen LogP contribution in [0.15, 0.2) is 48.5 Å². The molecule has 0 saturated heterocycles. The second-order valence-corrected chi connectivity index (χ2v) is 5.46. The predicted molar refractivity (Wildman–Crippen MR) is 89.1 cm³/mol. The predicted octanol–water partition coefficient (Wildman–Crippen LogP) is 3.73. The first-order chi connectivity index (χ1) is 10.8. The van der Waals surface area contributed by atoms with Gasteiger partial charge in [0.05, 0.1) is 14.2 Å². The molecule has 2 aromatic carbocycles. The third-order valence-electron chi connectivity index (χ3n) is 3.99. The van der Waals surface area contributed by atoms with E-state index in [0.717, 1.165) is 36.7 Å². The fourth-order valence-electron chi connectivity index (χ4n) is 2.83. The molecule has 0 saturated carbocycles. The van der Waals surface area contributed by atoms with E-state index >= 15 is 0 Å². The van der Waals surface area contributed by atoms with Crippen molar-refractivity contribution in [3.63, 3.8) is 0 Å². The lowest BCUT2D eigenvalue weighted by atomic mass is 10.1. The first-order valence-corrected chi connectivity index (χ1v) is 7.48. The molecule has 22 heavy (non-hydrogen) atoms. The Labute approximate surface area is 131 Å². The third kappa shape index (κ3) is 3.15. The Bertz CT molecular complexity index is 654. The molecule has 3 heteroatoms. The summed E-state index contributed by atoms with van der Waals surface area (Å²) in [6.45, 7) is 3.02. The monoisotopic (exact) mass is 295 g/mol. The molecular weight excluding hydrogens is 274 g/mol. The van der Waals surface area contributed by atoms with Gasteiger partial charge >= 0.3 is 0 Å². The number of fused-ring (bicyclic) bond motifs is 1. The molecule has 0 atom stereocenters. The maximum absolute atomic E-state index is 5.33. The van der Waals surface area contributed by atoms with Crippen LogP contribution >= 0.6 is 0 Å². The van der Waals surface area contributed by atoms with Crippen molar-refractivity contribution in [2.75, 3.05) is 20.8 Å². The summed E-state index contributed by atoms with van der Waals surface area (Å²) in [7, 11) is 3.31. The van der Waals surface area contributed by atoms with Gasteiger partial charge in [0.1, 0.15) is 0 Å². The van der Waals surface area contributed by atoms with Crippen molar-refractivity contribution in [3.8, 4) is 11.5 Å². The highest BCUT2D eigenvalue weighted by Crippen LogP contribution is 2.28. The van der Waals surface area contributed by atoms with E-state index in [2.05, 4.69) is 41.3 Å². The normalized spacial score (nSPS) is 14.3. The summed E-state index contributed by atoms with van der Waals surface area (Å²) in [6, 6.07) is 14.6. The Hall–Kier alpha value is -2.26. The average Bonchev–Trinajstić information content (AvgIpc) is 2.97.